The summed E-state index contributed by atoms with van der Waals surface area (Å²) in [5.74, 6) is 2.53. The lowest BCUT2D eigenvalue weighted by Gasteiger charge is -2.23. The Morgan fingerprint density at radius 2 is 1.69 bits per heavy atom. The Labute approximate surface area is 205 Å². The predicted molar refractivity (Wildman–Crippen MR) is 130 cm³/mol. The molecule has 0 spiro atoms. The van der Waals surface area contributed by atoms with Gasteiger partial charge in [0.25, 0.3) is 5.56 Å². The third kappa shape index (κ3) is 4.05. The van der Waals surface area contributed by atoms with Gasteiger partial charge in [0.15, 0.2) is 28.2 Å². The van der Waals surface area contributed by atoms with E-state index in [1.54, 1.807) is 16.7 Å². The Hall–Kier alpha value is -3.40. The SMILES string of the molecule is CC[C@H](Sc1nc2cc3c(cc2c(=O)n1Cc1ccc2c(c1)OCO2)OCO3)C(=O)N1CCCC1. The quantitative estimate of drug-likeness (QED) is 0.380. The molecular formula is C25H25N3O6S. The van der Waals surface area contributed by atoms with Crippen LogP contribution >= 0.6 is 11.8 Å². The van der Waals surface area contributed by atoms with Crippen LogP contribution in [0.4, 0.5) is 0 Å². The van der Waals surface area contributed by atoms with Crippen LogP contribution in [0.1, 0.15) is 31.7 Å². The van der Waals surface area contributed by atoms with Crippen molar-refractivity contribution in [2.75, 3.05) is 26.7 Å². The number of likely N-dealkylation sites (tertiary alicyclic amines) is 1. The fourth-order valence-corrected chi connectivity index (χ4v) is 5.72. The molecule has 0 radical (unpaired) electrons. The molecule has 1 saturated heterocycles. The summed E-state index contributed by atoms with van der Waals surface area (Å²) in [6, 6.07) is 9.04. The maximum absolute atomic E-state index is 13.7. The Kier molecular flexibility index (Phi) is 5.68. The van der Waals surface area contributed by atoms with Gasteiger partial charge in [-0.2, -0.15) is 0 Å². The van der Waals surface area contributed by atoms with Gasteiger partial charge in [0.05, 0.1) is 22.7 Å². The number of aromatic nitrogens is 2. The second-order valence-electron chi connectivity index (χ2n) is 8.74. The summed E-state index contributed by atoms with van der Waals surface area (Å²) in [6.07, 6.45) is 2.70. The normalized spacial score (nSPS) is 16.8. The standard InChI is InChI=1S/C25H25N3O6S/c1-2-22(24(30)27-7-3-4-8-27)35-25-26-17-11-21-20(33-14-34-21)10-16(17)23(29)28(25)12-15-5-6-18-19(9-15)32-13-31-18/h5-6,9-11,22H,2-4,7-8,12-14H2,1H3/t22-/m0/s1. The second kappa shape index (κ2) is 8.99. The second-order valence-corrected chi connectivity index (χ2v) is 9.91. The molecule has 10 heteroatoms. The number of carbonyl (C=O) groups is 1. The van der Waals surface area contributed by atoms with Crippen LogP contribution in [0.2, 0.25) is 0 Å². The Bertz CT molecular complexity index is 1370. The van der Waals surface area contributed by atoms with Gasteiger partial charge in [-0.25, -0.2) is 4.98 Å². The molecule has 2 aromatic carbocycles. The van der Waals surface area contributed by atoms with Crippen LogP contribution in [0.15, 0.2) is 40.3 Å². The van der Waals surface area contributed by atoms with Crippen LogP contribution in [0.5, 0.6) is 23.0 Å². The highest BCUT2D eigenvalue weighted by molar-refractivity contribution is 8.00. The summed E-state index contributed by atoms with van der Waals surface area (Å²) >= 11 is 1.35. The molecule has 182 valence electrons. The van der Waals surface area contributed by atoms with Crippen molar-refractivity contribution in [1.82, 2.24) is 14.5 Å². The van der Waals surface area contributed by atoms with E-state index in [9.17, 15) is 9.59 Å². The molecule has 1 atom stereocenters. The lowest BCUT2D eigenvalue weighted by molar-refractivity contribution is -0.129. The molecule has 1 fully saturated rings. The molecule has 3 aromatic rings. The predicted octanol–water partition coefficient (Wildman–Crippen LogP) is 3.40. The van der Waals surface area contributed by atoms with Crippen LogP contribution in [0, 0.1) is 0 Å². The molecule has 3 aliphatic heterocycles. The minimum atomic E-state index is -0.325. The Balaban J connectivity index is 1.42. The van der Waals surface area contributed by atoms with Crippen LogP contribution in [-0.2, 0) is 11.3 Å². The largest absolute Gasteiger partial charge is 0.454 e. The minimum absolute atomic E-state index is 0.102. The molecular weight excluding hydrogens is 470 g/mol. The van der Waals surface area contributed by atoms with Gasteiger partial charge >= 0.3 is 0 Å². The molecule has 0 unspecified atom stereocenters. The fourth-order valence-electron chi connectivity index (χ4n) is 4.62. The number of rotatable bonds is 6. The summed E-state index contributed by atoms with van der Waals surface area (Å²) in [5.41, 5.74) is 1.20. The summed E-state index contributed by atoms with van der Waals surface area (Å²) < 4.78 is 23.6. The monoisotopic (exact) mass is 495 g/mol. The molecule has 9 nitrogen and oxygen atoms in total. The highest BCUT2D eigenvalue weighted by Gasteiger charge is 2.28. The van der Waals surface area contributed by atoms with E-state index in [-0.39, 0.29) is 36.8 Å². The fraction of sp³-hybridized carbons (Fsp3) is 0.400. The van der Waals surface area contributed by atoms with Crippen molar-refractivity contribution in [2.45, 2.75) is 43.1 Å². The molecule has 0 N–H and O–H groups in total. The van der Waals surface area contributed by atoms with Crippen molar-refractivity contribution in [3.05, 3.63) is 46.2 Å². The number of carbonyl (C=O) groups excluding carboxylic acids is 1. The Morgan fingerprint density at radius 1 is 1.00 bits per heavy atom. The zero-order chi connectivity index (χ0) is 23.9. The first-order valence-electron chi connectivity index (χ1n) is 11.8. The summed E-state index contributed by atoms with van der Waals surface area (Å²) in [7, 11) is 0. The van der Waals surface area contributed by atoms with E-state index in [0.717, 1.165) is 31.5 Å². The first-order chi connectivity index (χ1) is 17.1. The number of fused-ring (bicyclic) bond motifs is 3. The Morgan fingerprint density at radius 3 is 2.43 bits per heavy atom. The van der Waals surface area contributed by atoms with Gasteiger partial charge in [-0.15, -0.1) is 0 Å². The number of nitrogens with zero attached hydrogens (tertiary/aromatic N) is 3. The van der Waals surface area contributed by atoms with Gasteiger partial charge in [0.1, 0.15) is 0 Å². The van der Waals surface area contributed by atoms with Gasteiger partial charge < -0.3 is 23.8 Å². The molecule has 1 amide bonds. The maximum atomic E-state index is 13.7. The average Bonchev–Trinajstić information content (AvgIpc) is 3.64. The van der Waals surface area contributed by atoms with Crippen molar-refractivity contribution in [3.63, 3.8) is 0 Å². The van der Waals surface area contributed by atoms with Crippen LogP contribution < -0.4 is 24.5 Å². The summed E-state index contributed by atoms with van der Waals surface area (Å²) in [6.45, 7) is 4.14. The number of ether oxygens (including phenoxy) is 4. The number of hydrogen-bond acceptors (Lipinski definition) is 8. The van der Waals surface area contributed by atoms with E-state index in [0.29, 0.717) is 45.5 Å². The van der Waals surface area contributed by atoms with E-state index in [4.69, 9.17) is 23.9 Å². The van der Waals surface area contributed by atoms with Gasteiger partial charge in [-0.3, -0.25) is 14.2 Å². The van der Waals surface area contributed by atoms with E-state index >= 15 is 0 Å². The number of amides is 1. The average molecular weight is 496 g/mol. The van der Waals surface area contributed by atoms with Crippen LogP contribution in [0.3, 0.4) is 0 Å². The molecule has 0 aliphatic carbocycles. The first kappa shape index (κ1) is 22.1. The minimum Gasteiger partial charge on any atom is -0.454 e. The van der Waals surface area contributed by atoms with Crippen molar-refractivity contribution < 1.29 is 23.7 Å². The van der Waals surface area contributed by atoms with Crippen molar-refractivity contribution in [1.29, 1.82) is 0 Å². The van der Waals surface area contributed by atoms with E-state index in [1.165, 1.54) is 11.8 Å². The van der Waals surface area contributed by atoms with Gasteiger partial charge in [0.2, 0.25) is 19.5 Å². The summed E-state index contributed by atoms with van der Waals surface area (Å²) in [4.78, 5) is 33.7. The van der Waals surface area contributed by atoms with Crippen molar-refractivity contribution >= 4 is 28.6 Å². The van der Waals surface area contributed by atoms with E-state index in [1.807, 2.05) is 30.0 Å². The first-order valence-corrected chi connectivity index (χ1v) is 12.7. The van der Waals surface area contributed by atoms with Crippen molar-refractivity contribution in [2.24, 2.45) is 0 Å². The van der Waals surface area contributed by atoms with Gasteiger partial charge in [-0.1, -0.05) is 24.8 Å². The number of hydrogen-bond donors (Lipinski definition) is 0. The molecule has 3 aliphatic rings. The third-order valence-corrected chi connectivity index (χ3v) is 7.84. The zero-order valence-electron chi connectivity index (χ0n) is 19.3. The number of benzene rings is 2. The topological polar surface area (TPSA) is 92.1 Å². The van der Waals surface area contributed by atoms with Gasteiger partial charge in [-0.05, 0) is 43.0 Å². The number of thioether (sulfide) groups is 1. The lowest BCUT2D eigenvalue weighted by atomic mass is 10.2. The highest BCUT2D eigenvalue weighted by Crippen LogP contribution is 2.36. The molecule has 6 rings (SSSR count). The smallest absolute Gasteiger partial charge is 0.262 e. The van der Waals surface area contributed by atoms with E-state index in [2.05, 4.69) is 0 Å². The van der Waals surface area contributed by atoms with Crippen LogP contribution in [0.25, 0.3) is 10.9 Å². The molecule has 0 saturated carbocycles. The van der Waals surface area contributed by atoms with Gasteiger partial charge in [0, 0.05) is 19.2 Å². The summed E-state index contributed by atoms with van der Waals surface area (Å²) in [5, 5.41) is 0.617. The molecule has 35 heavy (non-hydrogen) atoms. The van der Waals surface area contributed by atoms with Crippen LogP contribution in [-0.4, -0.2) is 52.3 Å². The maximum Gasteiger partial charge on any atom is 0.262 e. The lowest BCUT2D eigenvalue weighted by Crippen LogP contribution is -2.36. The van der Waals surface area contributed by atoms with Crippen molar-refractivity contribution in [3.8, 4) is 23.0 Å². The molecule has 4 heterocycles. The molecule has 1 aromatic heterocycles. The zero-order valence-corrected chi connectivity index (χ0v) is 20.1. The highest BCUT2D eigenvalue weighted by atomic mass is 32.2. The third-order valence-electron chi connectivity index (χ3n) is 6.50. The van der Waals surface area contributed by atoms with E-state index < -0.39 is 0 Å². The molecule has 0 bridgehead atoms.